The van der Waals surface area contributed by atoms with Gasteiger partial charge in [-0.1, -0.05) is 147 Å². The van der Waals surface area contributed by atoms with Gasteiger partial charge in [0.05, 0.1) is 11.4 Å². The topological polar surface area (TPSA) is 38.7 Å². The lowest BCUT2D eigenvalue weighted by atomic mass is 9.81. The van der Waals surface area contributed by atoms with Crippen molar-refractivity contribution in [1.82, 2.24) is 15.0 Å². The van der Waals surface area contributed by atoms with Gasteiger partial charge in [0.15, 0.2) is 5.82 Å². The van der Waals surface area contributed by atoms with Crippen molar-refractivity contribution in [2.24, 2.45) is 0 Å². The van der Waals surface area contributed by atoms with E-state index in [0.717, 1.165) is 44.6 Å². The number of pyridine rings is 1. The molecule has 0 radical (unpaired) electrons. The minimum atomic E-state index is -0.0700. The van der Waals surface area contributed by atoms with Gasteiger partial charge in [-0.05, 0) is 96.4 Å². The van der Waals surface area contributed by atoms with Crippen LogP contribution in [0.3, 0.4) is 0 Å². The first-order valence-corrected chi connectivity index (χ1v) is 18.2. The molecule has 0 saturated heterocycles. The first kappa shape index (κ1) is 31.1. The van der Waals surface area contributed by atoms with Crippen LogP contribution in [0.4, 0.5) is 0 Å². The molecule has 0 atom stereocenters. The molecule has 0 amide bonds. The summed E-state index contributed by atoms with van der Waals surface area (Å²) in [6, 6.07) is 58.7. The smallest absolute Gasteiger partial charge is 0.160 e. The van der Waals surface area contributed by atoms with Crippen LogP contribution in [0.15, 0.2) is 176 Å². The normalized spacial score (nSPS) is 12.9. The second-order valence-corrected chi connectivity index (χ2v) is 14.5. The Morgan fingerprint density at radius 3 is 1.79 bits per heavy atom. The van der Waals surface area contributed by atoms with E-state index in [0.29, 0.717) is 5.82 Å². The maximum Gasteiger partial charge on any atom is 0.160 e. The van der Waals surface area contributed by atoms with Crippen LogP contribution < -0.4 is 0 Å². The molecule has 0 saturated carbocycles. The highest BCUT2D eigenvalue weighted by Gasteiger charge is 2.36. The molecule has 3 heteroatoms. The maximum atomic E-state index is 5.21. The number of rotatable bonds is 5. The number of benzene rings is 7. The molecule has 9 aromatic rings. The number of hydrogen-bond acceptors (Lipinski definition) is 3. The van der Waals surface area contributed by atoms with Crippen molar-refractivity contribution in [2.75, 3.05) is 0 Å². The highest BCUT2D eigenvalue weighted by Crippen LogP contribution is 2.51. The van der Waals surface area contributed by atoms with Gasteiger partial charge in [0.25, 0.3) is 0 Å². The molecule has 0 N–H and O–H groups in total. The Morgan fingerprint density at radius 2 is 1.02 bits per heavy atom. The van der Waals surface area contributed by atoms with Gasteiger partial charge in [-0.3, -0.25) is 4.98 Å². The Kier molecular flexibility index (Phi) is 7.16. The molecule has 0 spiro atoms. The first-order valence-electron chi connectivity index (χ1n) is 18.2. The van der Waals surface area contributed by atoms with Crippen LogP contribution in [-0.4, -0.2) is 15.0 Å². The third kappa shape index (κ3) is 5.24. The molecule has 53 heavy (non-hydrogen) atoms. The Bertz CT molecular complexity index is 2840. The molecular weight excluding hydrogens is 643 g/mol. The Balaban J connectivity index is 1.11. The third-order valence-electron chi connectivity index (χ3n) is 11.0. The summed E-state index contributed by atoms with van der Waals surface area (Å²) in [6.45, 7) is 4.70. The fourth-order valence-electron chi connectivity index (χ4n) is 8.20. The number of fused-ring (bicyclic) bond motifs is 5. The van der Waals surface area contributed by atoms with E-state index in [1.54, 1.807) is 6.20 Å². The molecule has 0 aliphatic heterocycles. The largest absolute Gasteiger partial charge is 0.264 e. The van der Waals surface area contributed by atoms with Gasteiger partial charge in [0.2, 0.25) is 0 Å². The number of aromatic nitrogens is 3. The Hall–Kier alpha value is -6.71. The molecule has 250 valence electrons. The van der Waals surface area contributed by atoms with Crippen LogP contribution in [0.2, 0.25) is 0 Å². The predicted octanol–water partition coefficient (Wildman–Crippen LogP) is 12.8. The molecule has 0 bridgehead atoms. The van der Waals surface area contributed by atoms with Gasteiger partial charge in [-0.25, -0.2) is 9.97 Å². The Morgan fingerprint density at radius 1 is 0.396 bits per heavy atom. The lowest BCUT2D eigenvalue weighted by molar-refractivity contribution is 0.661. The van der Waals surface area contributed by atoms with Crippen LogP contribution in [0.25, 0.3) is 88.8 Å². The molecule has 0 fully saturated rings. The van der Waals surface area contributed by atoms with Crippen LogP contribution in [0.1, 0.15) is 25.0 Å². The van der Waals surface area contributed by atoms with Crippen molar-refractivity contribution in [3.8, 4) is 67.3 Å². The number of nitrogens with zero attached hydrogens (tertiary/aromatic N) is 3. The van der Waals surface area contributed by atoms with Crippen molar-refractivity contribution >= 4 is 21.5 Å². The quantitative estimate of drug-likeness (QED) is 0.182. The minimum absolute atomic E-state index is 0.0700. The molecule has 1 aliphatic rings. The molecule has 10 rings (SSSR count). The van der Waals surface area contributed by atoms with E-state index in [2.05, 4.69) is 158 Å². The zero-order valence-corrected chi connectivity index (χ0v) is 29.6. The van der Waals surface area contributed by atoms with Crippen LogP contribution >= 0.6 is 0 Å². The monoisotopic (exact) mass is 677 g/mol. The van der Waals surface area contributed by atoms with E-state index >= 15 is 0 Å². The van der Waals surface area contributed by atoms with E-state index in [-0.39, 0.29) is 5.41 Å². The van der Waals surface area contributed by atoms with Gasteiger partial charge in [-0.15, -0.1) is 0 Å². The summed E-state index contributed by atoms with van der Waals surface area (Å²) in [5.74, 6) is 0.704. The molecule has 0 unspecified atom stereocenters. The maximum absolute atomic E-state index is 5.21. The summed E-state index contributed by atoms with van der Waals surface area (Å²) in [5, 5.41) is 4.92. The van der Waals surface area contributed by atoms with E-state index in [1.807, 2.05) is 30.5 Å². The average Bonchev–Trinajstić information content (AvgIpc) is 3.44. The van der Waals surface area contributed by atoms with E-state index in [1.165, 1.54) is 49.5 Å². The second kappa shape index (κ2) is 12.2. The molecular formula is C50H35N3. The van der Waals surface area contributed by atoms with E-state index in [4.69, 9.17) is 9.97 Å². The van der Waals surface area contributed by atoms with E-state index in [9.17, 15) is 0 Å². The van der Waals surface area contributed by atoms with Crippen LogP contribution in [0.5, 0.6) is 0 Å². The van der Waals surface area contributed by atoms with Crippen molar-refractivity contribution in [3.05, 3.63) is 187 Å². The van der Waals surface area contributed by atoms with E-state index < -0.39 is 0 Å². The molecule has 2 aromatic heterocycles. The Labute approximate surface area is 309 Å². The summed E-state index contributed by atoms with van der Waals surface area (Å²) in [7, 11) is 0. The minimum Gasteiger partial charge on any atom is -0.264 e. The van der Waals surface area contributed by atoms with Crippen molar-refractivity contribution in [2.45, 2.75) is 19.3 Å². The van der Waals surface area contributed by atoms with Crippen molar-refractivity contribution in [1.29, 1.82) is 0 Å². The lowest BCUT2D eigenvalue weighted by Crippen LogP contribution is -2.14. The first-order chi connectivity index (χ1) is 26.0. The zero-order valence-electron chi connectivity index (χ0n) is 29.6. The van der Waals surface area contributed by atoms with Crippen molar-refractivity contribution < 1.29 is 0 Å². The number of hydrogen-bond donors (Lipinski definition) is 0. The highest BCUT2D eigenvalue weighted by atomic mass is 14.9. The summed E-state index contributed by atoms with van der Waals surface area (Å²) in [5.41, 5.74) is 14.9. The van der Waals surface area contributed by atoms with Gasteiger partial charge >= 0.3 is 0 Å². The van der Waals surface area contributed by atoms with Crippen LogP contribution in [-0.2, 0) is 5.41 Å². The van der Waals surface area contributed by atoms with Gasteiger partial charge in [0, 0.05) is 34.5 Å². The second-order valence-electron chi connectivity index (χ2n) is 14.5. The average molecular weight is 678 g/mol. The van der Waals surface area contributed by atoms with Gasteiger partial charge in [0.1, 0.15) is 0 Å². The summed E-state index contributed by atoms with van der Waals surface area (Å²) < 4.78 is 0. The summed E-state index contributed by atoms with van der Waals surface area (Å²) in [4.78, 5) is 14.6. The zero-order chi connectivity index (χ0) is 35.5. The molecule has 3 nitrogen and oxygen atoms in total. The molecule has 1 aliphatic carbocycles. The lowest BCUT2D eigenvalue weighted by Gasteiger charge is -2.22. The van der Waals surface area contributed by atoms with Crippen LogP contribution in [0, 0.1) is 0 Å². The SMILES string of the molecule is CC1(C)c2ccc(-c3ccc(-c4cc(-c5ccc(-c6cccnc6)cc5)nc(-c5ccccc5)n4)c4ccccc34)cc2-c2cc3ccccc3cc21. The standard InChI is InChI=1S/C50H35N3/c1-50(2)45-25-22-37(28-43(45)44-27-35-13-6-7-14-36(35)29-46(44)50)39-23-24-42(41-17-9-8-16-40(39)41)48-30-47(52-49(53-48)34-11-4-3-5-12-34)33-20-18-32(19-21-33)38-15-10-26-51-31-38/h3-31H,1-2H3. The predicted molar refractivity (Wildman–Crippen MR) is 220 cm³/mol. The van der Waals surface area contributed by atoms with Crippen molar-refractivity contribution in [3.63, 3.8) is 0 Å². The van der Waals surface area contributed by atoms with Gasteiger partial charge in [-0.2, -0.15) is 0 Å². The highest BCUT2D eigenvalue weighted by molar-refractivity contribution is 6.05. The third-order valence-corrected chi connectivity index (χ3v) is 11.0. The van der Waals surface area contributed by atoms with Gasteiger partial charge < -0.3 is 0 Å². The molecule has 7 aromatic carbocycles. The fraction of sp³-hybridized carbons (Fsp3) is 0.0600. The fourth-order valence-corrected chi connectivity index (χ4v) is 8.20. The molecule has 2 heterocycles. The summed E-state index contributed by atoms with van der Waals surface area (Å²) >= 11 is 0. The summed E-state index contributed by atoms with van der Waals surface area (Å²) in [6.07, 6.45) is 3.69.